The van der Waals surface area contributed by atoms with E-state index < -0.39 is 0 Å². The van der Waals surface area contributed by atoms with Gasteiger partial charge >= 0.3 is 0 Å². The van der Waals surface area contributed by atoms with Crippen molar-refractivity contribution >= 4 is 17.3 Å². The van der Waals surface area contributed by atoms with Crippen LogP contribution in [0, 0.1) is 0 Å². The maximum Gasteiger partial charge on any atom is 0.224 e. The van der Waals surface area contributed by atoms with Crippen molar-refractivity contribution in [2.24, 2.45) is 0 Å². The van der Waals surface area contributed by atoms with Crippen LogP contribution in [0.3, 0.4) is 0 Å². The molecule has 2 aromatic rings. The Balaban J connectivity index is 1.46. The van der Waals surface area contributed by atoms with Crippen molar-refractivity contribution in [3.63, 3.8) is 0 Å². The lowest BCUT2D eigenvalue weighted by molar-refractivity contribution is -0.116. The highest BCUT2D eigenvalue weighted by molar-refractivity contribution is 5.92. The Kier molecular flexibility index (Phi) is 3.99. The zero-order valence-corrected chi connectivity index (χ0v) is 13.4. The van der Waals surface area contributed by atoms with Gasteiger partial charge < -0.3 is 20.1 Å². The predicted octanol–water partition coefficient (Wildman–Crippen LogP) is 3.34. The van der Waals surface area contributed by atoms with Crippen molar-refractivity contribution in [3.8, 4) is 11.5 Å². The van der Waals surface area contributed by atoms with Gasteiger partial charge in [-0.25, -0.2) is 0 Å². The van der Waals surface area contributed by atoms with Crippen molar-refractivity contribution in [1.82, 2.24) is 0 Å². The first kappa shape index (κ1) is 14.9. The topological polar surface area (TPSA) is 59.6 Å². The number of benzene rings is 2. The maximum absolute atomic E-state index is 11.6. The number of amides is 1. The quantitative estimate of drug-likeness (QED) is 0.909. The van der Waals surface area contributed by atoms with Gasteiger partial charge in [-0.05, 0) is 54.3 Å². The molecule has 0 saturated heterocycles. The molecule has 0 radical (unpaired) electrons. The molecule has 2 N–H and O–H groups in total. The van der Waals surface area contributed by atoms with Crippen LogP contribution in [0.5, 0.6) is 11.5 Å². The average molecular weight is 324 g/mol. The van der Waals surface area contributed by atoms with Gasteiger partial charge in [0.25, 0.3) is 0 Å². The van der Waals surface area contributed by atoms with Crippen LogP contribution in [0.25, 0.3) is 0 Å². The zero-order valence-electron chi connectivity index (χ0n) is 13.4. The number of aryl methyl sites for hydroxylation is 1. The van der Waals surface area contributed by atoms with Gasteiger partial charge in [-0.3, -0.25) is 4.79 Å². The van der Waals surface area contributed by atoms with Crippen molar-refractivity contribution in [3.05, 3.63) is 47.5 Å². The highest BCUT2D eigenvalue weighted by atomic mass is 16.6. The highest BCUT2D eigenvalue weighted by Crippen LogP contribution is 2.31. The van der Waals surface area contributed by atoms with Gasteiger partial charge in [0.2, 0.25) is 5.91 Å². The number of ether oxygens (including phenoxy) is 2. The van der Waals surface area contributed by atoms with Gasteiger partial charge in [-0.2, -0.15) is 0 Å². The number of hydrogen-bond acceptors (Lipinski definition) is 4. The SMILES string of the molecule is O=C1CCCc2cc(NCc3ccc4c(c3)OCCO4)ccc2N1. The number of rotatable bonds is 3. The van der Waals surface area contributed by atoms with Crippen LogP contribution < -0.4 is 20.1 Å². The van der Waals surface area contributed by atoms with E-state index >= 15 is 0 Å². The Labute approximate surface area is 141 Å². The van der Waals surface area contributed by atoms with Gasteiger partial charge in [-0.1, -0.05) is 6.07 Å². The summed E-state index contributed by atoms with van der Waals surface area (Å²) in [5, 5.41) is 6.40. The molecule has 0 bridgehead atoms. The molecule has 0 unspecified atom stereocenters. The molecule has 0 aromatic heterocycles. The van der Waals surface area contributed by atoms with Crippen molar-refractivity contribution in [2.45, 2.75) is 25.8 Å². The van der Waals surface area contributed by atoms with Crippen molar-refractivity contribution in [1.29, 1.82) is 0 Å². The Hall–Kier alpha value is -2.69. The van der Waals surface area contributed by atoms with Gasteiger partial charge in [0.1, 0.15) is 13.2 Å². The molecule has 2 heterocycles. The second-order valence-electron chi connectivity index (χ2n) is 6.11. The normalized spacial score (nSPS) is 15.9. The fourth-order valence-corrected chi connectivity index (χ4v) is 3.09. The Morgan fingerprint density at radius 3 is 2.79 bits per heavy atom. The molecule has 0 aliphatic carbocycles. The molecule has 2 aromatic carbocycles. The summed E-state index contributed by atoms with van der Waals surface area (Å²) in [6, 6.07) is 12.1. The van der Waals surface area contributed by atoms with Gasteiger partial charge in [0, 0.05) is 24.3 Å². The molecule has 0 spiro atoms. The molecule has 2 aliphatic rings. The molecule has 5 nitrogen and oxygen atoms in total. The van der Waals surface area contributed by atoms with E-state index in [1.807, 2.05) is 30.3 Å². The molecule has 4 rings (SSSR count). The molecule has 5 heteroatoms. The Morgan fingerprint density at radius 1 is 1.00 bits per heavy atom. The fraction of sp³-hybridized carbons (Fsp3) is 0.316. The van der Waals surface area contributed by atoms with E-state index in [0.29, 0.717) is 26.2 Å². The van der Waals surface area contributed by atoms with E-state index in [2.05, 4.69) is 16.7 Å². The van der Waals surface area contributed by atoms with Crippen LogP contribution in [-0.2, 0) is 17.8 Å². The van der Waals surface area contributed by atoms with Gasteiger partial charge in [0.15, 0.2) is 11.5 Å². The molecular weight excluding hydrogens is 304 g/mol. The minimum absolute atomic E-state index is 0.103. The van der Waals surface area contributed by atoms with Crippen LogP contribution in [0.2, 0.25) is 0 Å². The summed E-state index contributed by atoms with van der Waals surface area (Å²) >= 11 is 0. The third kappa shape index (κ3) is 3.15. The third-order valence-electron chi connectivity index (χ3n) is 4.33. The van der Waals surface area contributed by atoms with Crippen LogP contribution in [0.1, 0.15) is 24.0 Å². The summed E-state index contributed by atoms with van der Waals surface area (Å²) in [6.45, 7) is 1.92. The first-order chi connectivity index (χ1) is 11.8. The standard InChI is InChI=1S/C19H20N2O3/c22-19-3-1-2-14-11-15(5-6-16(14)21-19)20-12-13-4-7-17-18(10-13)24-9-8-23-17/h4-7,10-11,20H,1-3,8-9,12H2,(H,21,22). The van der Waals surface area contributed by atoms with Crippen molar-refractivity contribution in [2.75, 3.05) is 23.8 Å². The van der Waals surface area contributed by atoms with E-state index in [9.17, 15) is 4.79 Å². The zero-order chi connectivity index (χ0) is 16.4. The summed E-state index contributed by atoms with van der Waals surface area (Å²) in [7, 11) is 0. The third-order valence-corrected chi connectivity index (χ3v) is 4.33. The minimum atomic E-state index is 0.103. The molecular formula is C19H20N2O3. The molecule has 24 heavy (non-hydrogen) atoms. The molecule has 124 valence electrons. The smallest absolute Gasteiger partial charge is 0.224 e. The molecule has 0 saturated carbocycles. The molecule has 0 fully saturated rings. The summed E-state index contributed by atoms with van der Waals surface area (Å²) in [6.07, 6.45) is 2.41. The Morgan fingerprint density at radius 2 is 1.88 bits per heavy atom. The summed E-state index contributed by atoms with van der Waals surface area (Å²) in [5.41, 5.74) is 4.32. The van der Waals surface area contributed by atoms with E-state index in [1.54, 1.807) is 0 Å². The maximum atomic E-state index is 11.6. The number of anilines is 2. The minimum Gasteiger partial charge on any atom is -0.486 e. The van der Waals surface area contributed by atoms with E-state index in [-0.39, 0.29) is 5.91 Å². The molecule has 0 atom stereocenters. The van der Waals surface area contributed by atoms with E-state index in [0.717, 1.165) is 41.3 Å². The Bertz CT molecular complexity index is 773. The predicted molar refractivity (Wildman–Crippen MR) is 92.8 cm³/mol. The van der Waals surface area contributed by atoms with Crippen LogP contribution in [0.4, 0.5) is 11.4 Å². The summed E-state index contributed by atoms with van der Waals surface area (Å²) in [5.74, 6) is 1.72. The van der Waals surface area contributed by atoms with Crippen LogP contribution >= 0.6 is 0 Å². The highest BCUT2D eigenvalue weighted by Gasteiger charge is 2.14. The monoisotopic (exact) mass is 324 g/mol. The van der Waals surface area contributed by atoms with E-state index in [1.165, 1.54) is 5.56 Å². The number of carbonyl (C=O) groups is 1. The molecule has 2 aliphatic heterocycles. The lowest BCUT2D eigenvalue weighted by Gasteiger charge is -2.19. The molecule has 1 amide bonds. The van der Waals surface area contributed by atoms with Crippen LogP contribution in [-0.4, -0.2) is 19.1 Å². The van der Waals surface area contributed by atoms with E-state index in [4.69, 9.17) is 9.47 Å². The van der Waals surface area contributed by atoms with Gasteiger partial charge in [0.05, 0.1) is 0 Å². The fourth-order valence-electron chi connectivity index (χ4n) is 3.09. The second kappa shape index (κ2) is 6.43. The van der Waals surface area contributed by atoms with Crippen LogP contribution in [0.15, 0.2) is 36.4 Å². The number of nitrogens with one attached hydrogen (secondary N) is 2. The number of hydrogen-bond donors (Lipinski definition) is 2. The lowest BCUT2D eigenvalue weighted by atomic mass is 10.1. The largest absolute Gasteiger partial charge is 0.486 e. The first-order valence-electron chi connectivity index (χ1n) is 8.33. The number of fused-ring (bicyclic) bond motifs is 2. The summed E-state index contributed by atoms with van der Waals surface area (Å²) in [4.78, 5) is 11.6. The van der Waals surface area contributed by atoms with Gasteiger partial charge in [-0.15, -0.1) is 0 Å². The summed E-state index contributed by atoms with van der Waals surface area (Å²) < 4.78 is 11.2. The first-order valence-corrected chi connectivity index (χ1v) is 8.33. The number of carbonyl (C=O) groups excluding carboxylic acids is 1. The lowest BCUT2D eigenvalue weighted by Crippen LogP contribution is -2.15. The van der Waals surface area contributed by atoms with Crippen molar-refractivity contribution < 1.29 is 14.3 Å². The average Bonchev–Trinajstić information content (AvgIpc) is 2.80. The second-order valence-corrected chi connectivity index (χ2v) is 6.11.